The van der Waals surface area contributed by atoms with E-state index in [-0.39, 0.29) is 0 Å². The second-order valence-electron chi connectivity index (χ2n) is 30.0. The van der Waals surface area contributed by atoms with Crippen LogP contribution in [0.5, 0.6) is 0 Å². The predicted octanol–water partition coefficient (Wildman–Crippen LogP) is 23.1. The Hall–Kier alpha value is -13.7. The van der Waals surface area contributed by atoms with Crippen molar-refractivity contribution in [2.24, 2.45) is 0 Å². The molecule has 0 bridgehead atoms. The van der Waals surface area contributed by atoms with Crippen LogP contribution in [0.25, 0.3) is 0 Å². The molecule has 148 heavy (non-hydrogen) atoms. The molecule has 0 atom stereocenters. The van der Waals surface area contributed by atoms with Gasteiger partial charge in [0.15, 0.2) is 226 Å². The van der Waals surface area contributed by atoms with Crippen LogP contribution in [0.2, 0.25) is 0 Å². The third-order valence-corrected chi connectivity index (χ3v) is 21.9. The molecule has 798 valence electrons. The number of nitrogens with zero attached hydrogens (tertiary/aromatic N) is 3. The van der Waals surface area contributed by atoms with E-state index in [0.717, 1.165) is 0 Å². The summed E-state index contributed by atoms with van der Waals surface area (Å²) in [5.74, 6) is -204. The fraction of sp³-hybridized carbons (Fsp3) is 0.111. The molecule has 0 aliphatic carbocycles. The lowest BCUT2D eigenvalue weighted by Crippen LogP contribution is -2.63. The first-order valence-electron chi connectivity index (χ1n) is 36.3. The summed E-state index contributed by atoms with van der Waals surface area (Å²) in [5.41, 5.74) is -56.3. The summed E-state index contributed by atoms with van der Waals surface area (Å²) in [5, 5.41) is 25.2. The molecule has 0 unspecified atom stereocenters. The number of quaternary nitrogens is 3. The fourth-order valence-corrected chi connectivity index (χ4v) is 15.7. The highest BCUT2D eigenvalue weighted by molar-refractivity contribution is 6.24. The number of halogens is 60. The van der Waals surface area contributed by atoms with Crippen molar-refractivity contribution < 1.29 is 278 Å². The molecule has 0 aromatic heterocycles. The monoisotopic (exact) mass is 2230 g/mol. The molecule has 0 aliphatic heterocycles. The molecule has 6 nitrogen and oxygen atoms in total. The van der Waals surface area contributed by atoms with Crippen LogP contribution in [0, 0.1) is 349 Å². The van der Waals surface area contributed by atoms with Gasteiger partial charge in [-0.25, -0.2) is 237 Å². The van der Waals surface area contributed by atoms with Gasteiger partial charge in [0, 0.05) is 0 Å². The van der Waals surface area contributed by atoms with Gasteiger partial charge in [0.1, 0.15) is 50.1 Å². The Morgan fingerprint density at radius 2 is 0.155 bits per heavy atom. The van der Waals surface area contributed by atoms with E-state index in [1.807, 2.05) is 0 Å². The maximum Gasteiger partial charge on any atom is 0.225 e. The van der Waals surface area contributed by atoms with Crippen molar-refractivity contribution in [3.05, 3.63) is 399 Å². The zero-order valence-electron chi connectivity index (χ0n) is 69.3. The van der Waals surface area contributed by atoms with Gasteiger partial charge in [0.25, 0.3) is 0 Å². The molecule has 0 heterocycles. The molecular weight excluding hydrogens is 2210 g/mol. The topological polar surface area (TPSA) is 69.2 Å². The third kappa shape index (κ3) is 16.4. The van der Waals surface area contributed by atoms with E-state index in [4.69, 9.17) is 15.1 Å². The Balaban J connectivity index is 0.000000242. The van der Waals surface area contributed by atoms with Crippen LogP contribution in [-0.2, 0) is 16.6 Å². The first kappa shape index (κ1) is 118. The van der Waals surface area contributed by atoms with Gasteiger partial charge < -0.3 is 15.1 Å². The van der Waals surface area contributed by atoms with Gasteiger partial charge in [-0.2, -0.15) is 26.3 Å². The average molecular weight is 2230 g/mol. The van der Waals surface area contributed by atoms with Crippen molar-refractivity contribution in [2.45, 2.75) is 16.6 Å². The van der Waals surface area contributed by atoms with Crippen LogP contribution in [-0.4, -0.2) is 49.6 Å². The van der Waals surface area contributed by atoms with Crippen molar-refractivity contribution in [3.63, 3.8) is 0 Å². The maximum atomic E-state index is 15.7. The standard InChI is InChI=1S/3C27H6F20N.BO3/c3*1-48(2,26-24(46)22(44)21(43)23(45)25(26)47)27(3-6(28)12(34)18(40)13(35)7(3)29,4-8(30)14(36)19(41)15(37)9(4)31)5-10(32)16(38)20(42)17(39)11(5)33;2-1(3)4/h3*1-2H3;/q3*+1;-3. The molecule has 12 aromatic carbocycles. The van der Waals surface area contributed by atoms with Crippen molar-refractivity contribution in [1.82, 2.24) is 13.4 Å². The second-order valence-corrected chi connectivity index (χ2v) is 30.0. The molecule has 0 fully saturated rings. The summed E-state index contributed by atoms with van der Waals surface area (Å²) in [4.78, 5) is 0. The molecule has 0 aliphatic rings. The molecule has 0 radical (unpaired) electrons. The third-order valence-electron chi connectivity index (χ3n) is 21.9. The SMILES string of the molecule is C[N+](C)(c1c(F)c(F)c(F)c(F)c1F)C(c1c(F)c(F)c(F)c(F)c1F)(c1c(F)c(F)c(F)c(F)c1F)c1c(F)c(F)c(F)c(F)c1F.C[N+](C)(c1c(F)c(F)c(F)c(F)c1F)C(c1c(F)c(F)c(F)c(F)c1F)(c1c(F)c(F)c(F)c(F)c1F)c1c(F)c(F)c(F)c(F)c1F.C[N+](C)(c1c(F)c(F)c(F)c(F)c1F)C(c1c(F)c(F)c(F)c(F)c1F)(c1c(F)c(F)c(F)c(F)c1F)c1c(F)c(F)c(F)c(F)c1F.[O-]B([O-])[O-]. The lowest BCUT2D eigenvalue weighted by molar-refractivity contribution is -0.479. The molecule has 0 N–H and O–H groups in total. The van der Waals surface area contributed by atoms with Crippen molar-refractivity contribution in [1.29, 1.82) is 0 Å². The van der Waals surface area contributed by atoms with E-state index in [9.17, 15) is 158 Å². The van der Waals surface area contributed by atoms with E-state index >= 15 is 105 Å². The molecule has 0 spiro atoms. The summed E-state index contributed by atoms with van der Waals surface area (Å²) in [7, 11) is -5.38. The molecule has 0 amide bonds. The number of hydrogen-bond donors (Lipinski definition) is 0. The van der Waals surface area contributed by atoms with Crippen LogP contribution in [0.1, 0.15) is 50.1 Å². The Kier molecular flexibility index (Phi) is 31.9. The normalized spacial score (nSPS) is 12.2. The number of benzene rings is 12. The lowest BCUT2D eigenvalue weighted by atomic mass is 9.71. The summed E-state index contributed by atoms with van der Waals surface area (Å²) < 4.78 is 883. The Morgan fingerprint density at radius 3 is 0.216 bits per heavy atom. The van der Waals surface area contributed by atoms with Crippen molar-refractivity contribution >= 4 is 24.4 Å². The average Bonchev–Trinajstić information content (AvgIpc) is 0.678. The minimum absolute atomic E-state index is 0.410. The van der Waals surface area contributed by atoms with E-state index in [1.54, 1.807) is 0 Å². The van der Waals surface area contributed by atoms with Crippen LogP contribution >= 0.6 is 0 Å². The van der Waals surface area contributed by atoms with E-state index in [0.29, 0.717) is 0 Å². The second kappa shape index (κ2) is 40.1. The minimum atomic E-state index is -5.69. The van der Waals surface area contributed by atoms with Gasteiger partial charge in [0.05, 0.1) is 42.3 Å². The smallest absolute Gasteiger partial charge is 0.225 e. The molecular formula is C81H18BF60N3O3. The van der Waals surface area contributed by atoms with Crippen LogP contribution in [0.4, 0.5) is 280 Å². The zero-order valence-corrected chi connectivity index (χ0v) is 69.3. The quantitative estimate of drug-likeness (QED) is 0.0256. The van der Waals surface area contributed by atoms with Crippen LogP contribution in [0.3, 0.4) is 0 Å². The lowest BCUT2D eigenvalue weighted by Gasteiger charge is -2.49. The van der Waals surface area contributed by atoms with E-state index < -0.39 is 496 Å². The van der Waals surface area contributed by atoms with E-state index in [2.05, 4.69) is 0 Å². The summed E-state index contributed by atoms with van der Waals surface area (Å²) in [6.07, 6.45) is 0. The van der Waals surface area contributed by atoms with Gasteiger partial charge in [0.2, 0.25) is 157 Å². The van der Waals surface area contributed by atoms with Gasteiger partial charge in [-0.1, -0.05) is 0 Å². The Labute approximate surface area is 773 Å². The molecule has 12 aromatic rings. The first-order chi connectivity index (χ1) is 67.6. The van der Waals surface area contributed by atoms with Gasteiger partial charge in [-0.15, -0.1) is 0 Å². The minimum Gasteiger partial charge on any atom is -0.907 e. The molecule has 0 saturated carbocycles. The highest BCUT2D eigenvalue weighted by Gasteiger charge is 2.70. The van der Waals surface area contributed by atoms with Gasteiger partial charge >= 0.3 is 0 Å². The molecule has 12 rings (SSSR count). The zero-order chi connectivity index (χ0) is 114. The van der Waals surface area contributed by atoms with Crippen LogP contribution < -0.4 is 28.5 Å². The van der Waals surface area contributed by atoms with Crippen molar-refractivity contribution in [2.75, 3.05) is 42.3 Å². The largest absolute Gasteiger partial charge is 0.907 e. The molecule has 67 heteroatoms. The van der Waals surface area contributed by atoms with Crippen molar-refractivity contribution in [3.8, 4) is 0 Å². The summed E-state index contributed by atoms with van der Waals surface area (Å²) in [6.45, 7) is 0. The maximum absolute atomic E-state index is 15.7. The summed E-state index contributed by atoms with van der Waals surface area (Å²) >= 11 is 0. The highest BCUT2D eigenvalue weighted by Crippen LogP contribution is 2.62. The summed E-state index contributed by atoms with van der Waals surface area (Å²) in [6, 6.07) is 0. The number of rotatable bonds is 15. The Morgan fingerprint density at radius 1 is 0.108 bits per heavy atom. The molecule has 0 saturated heterocycles. The number of hydrogen-bond acceptors (Lipinski definition) is 3. The fourth-order valence-electron chi connectivity index (χ4n) is 15.7. The predicted molar refractivity (Wildman–Crippen MR) is 361 cm³/mol. The van der Waals surface area contributed by atoms with Gasteiger partial charge in [-0.05, 0) is 0 Å². The van der Waals surface area contributed by atoms with Gasteiger partial charge in [-0.3, -0.25) is 20.8 Å². The van der Waals surface area contributed by atoms with Crippen LogP contribution in [0.15, 0.2) is 0 Å². The Bertz CT molecular complexity index is 6140. The van der Waals surface area contributed by atoms with E-state index in [1.165, 1.54) is 0 Å². The highest BCUT2D eigenvalue weighted by atomic mass is 19.3. The first-order valence-corrected chi connectivity index (χ1v) is 36.3.